The van der Waals surface area contributed by atoms with Crippen molar-refractivity contribution in [3.8, 4) is 0 Å². The molecule has 1 fully saturated rings. The van der Waals surface area contributed by atoms with Gasteiger partial charge < -0.3 is 148 Å². The maximum absolute atomic E-state index is 14.1. The van der Waals surface area contributed by atoms with E-state index in [0.717, 1.165) is 0 Å². The van der Waals surface area contributed by atoms with Crippen LogP contribution in [0.15, 0.2) is 60.7 Å². The summed E-state index contributed by atoms with van der Waals surface area (Å²) in [7, 11) is 0. The monoisotopic (exact) mass is 1840 g/mol. The van der Waals surface area contributed by atoms with E-state index in [0.29, 0.717) is 24.0 Å². The van der Waals surface area contributed by atoms with Crippen molar-refractivity contribution in [3.63, 3.8) is 0 Å². The summed E-state index contributed by atoms with van der Waals surface area (Å²) in [5.41, 5.74) is 11.9. The number of carboxylic acids is 1. The van der Waals surface area contributed by atoms with Crippen molar-refractivity contribution in [1.82, 2.24) is 106 Å². The van der Waals surface area contributed by atoms with Crippen LogP contribution in [0.3, 0.4) is 0 Å². The van der Waals surface area contributed by atoms with Crippen molar-refractivity contribution in [1.29, 1.82) is 5.41 Å². The van der Waals surface area contributed by atoms with Crippen LogP contribution in [0.2, 0.25) is 0 Å². The van der Waals surface area contributed by atoms with Gasteiger partial charge in [0.25, 0.3) is 0 Å². The number of nitrogens with two attached hydrogens (primary N) is 2. The van der Waals surface area contributed by atoms with Gasteiger partial charge in [0.2, 0.25) is 112 Å². The first-order chi connectivity index (χ1) is 61.6. The fourth-order valence-electron chi connectivity index (χ4n) is 12.7. The van der Waals surface area contributed by atoms with Crippen molar-refractivity contribution in [2.24, 2.45) is 35.1 Å². The summed E-state index contributed by atoms with van der Waals surface area (Å²) >= 11 is 0. The van der Waals surface area contributed by atoms with Gasteiger partial charge in [0.05, 0.1) is 72.3 Å². The van der Waals surface area contributed by atoms with Crippen LogP contribution in [0, 0.1) is 29.1 Å². The van der Waals surface area contributed by atoms with E-state index in [4.69, 9.17) is 22.0 Å². The second-order valence-corrected chi connectivity index (χ2v) is 31.4. The molecule has 130 heavy (non-hydrogen) atoms. The topological polar surface area (TPSA) is 770 Å². The van der Waals surface area contributed by atoms with Crippen LogP contribution in [0.4, 0.5) is 0 Å². The molecule has 0 spiro atoms. The Morgan fingerprint density at radius 1 is 0.400 bits per heavy atom. The van der Waals surface area contributed by atoms with E-state index in [1.165, 1.54) is 4.90 Å². The normalized spacial score (nSPS) is 15.4. The molecule has 0 saturated carbocycles. The Morgan fingerprint density at radius 3 is 1.18 bits per heavy atom. The van der Waals surface area contributed by atoms with E-state index in [-0.39, 0.29) is 76.4 Å². The number of carbonyl (C=O) groups excluding carboxylic acids is 19. The molecule has 49 nitrogen and oxygen atoms in total. The highest BCUT2D eigenvalue weighted by molar-refractivity contribution is 6.01. The fourth-order valence-corrected chi connectivity index (χ4v) is 12.7. The number of carboxylic acid groups (broad SMARTS) is 1. The SMILES string of the molecule is CC[C@H](C)[C@H](NC(=O)CNC(=O)[C@H](Cc1ccccc1)NC(=O)CNC(=O)CNC(=O)[C@H](CO)NC(=O)[C@H](CO)NC(=O)[C@@H](NC(=O)[C@@H]1CCCN1C(=O)[C@@H](NC(=O)CN)C(C)C)[C@@H](C)CC)C(=O)N[C@@H](CO)C(=O)NCC(=O)N[C@@H](CC(C)C)C(=O)NCC(=O)N[C@@H](CO)C(=O)N[C@@H](CCCNC(=N)N)C(=O)N[C@@H](Cc1ccccc1)C(=O)N[C@@H](CO)C(=O)NCC(=O)O. The lowest BCUT2D eigenvalue weighted by molar-refractivity contribution is -0.143. The van der Waals surface area contributed by atoms with E-state index in [1.807, 2.05) is 5.32 Å². The second-order valence-electron chi connectivity index (χ2n) is 31.4. The molecule has 1 saturated heterocycles. The minimum atomic E-state index is -1.80. The number of benzene rings is 2. The Hall–Kier alpha value is -13.1. The standard InChI is InChI=1S/C81H127N23O26/c1-9-44(7)66(78(128)99-54(39-107)71(121)90-33-61(113)92-49(27-42(3)4)68(118)88-34-62(114)94-55(40-108)75(125)95-48(23-17-25-85-81(83)84)73(123)96-51(29-47-21-15-12-16-22-47)74(124)97-53(38-106)72(122)91-36-64(116)117)102-63(115)35-89-69(119)50(28-46-19-13-11-14-20-46)93-60(112)32-86-59(111)31-87-70(120)52(37-105)98-76(126)56(41-109)100-79(129)67(45(8)10-2)103-77(127)57-24-18-26-104(57)80(130)65(43(5)6)101-58(110)30-82/h11-16,19-22,42-45,48-57,65-67,105-109H,9-10,17-18,23-41,82H2,1-8H3,(H,86,111)(H,87,120)(H,88,118)(H,89,119)(H,90,121)(H,91,122)(H,92,113)(H,93,112)(H,94,114)(H,95,125)(H,96,123)(H,97,124)(H,98,126)(H,99,128)(H,100,129)(H,101,110)(H,102,115)(H,103,127)(H,116,117)(H4,83,84,85)/t44-,45-,48-,49-,50-,51-,52-,53-,54-,55-,56-,57-,65-,66-,67-/m0/s1. The zero-order valence-electron chi connectivity index (χ0n) is 73.8. The minimum Gasteiger partial charge on any atom is -0.480 e. The highest BCUT2D eigenvalue weighted by atomic mass is 16.4. The van der Waals surface area contributed by atoms with E-state index in [9.17, 15) is 121 Å². The first-order valence-electron chi connectivity index (χ1n) is 42.3. The molecular weight excluding hydrogens is 1710 g/mol. The molecule has 0 radical (unpaired) electrons. The number of hydrogen-bond acceptors (Lipinski definition) is 27. The Morgan fingerprint density at radius 2 is 0.746 bits per heavy atom. The zero-order chi connectivity index (χ0) is 97.4. The van der Waals surface area contributed by atoms with Crippen LogP contribution in [-0.4, -0.2) is 330 Å². The van der Waals surface area contributed by atoms with Gasteiger partial charge in [-0.2, -0.15) is 0 Å². The van der Waals surface area contributed by atoms with E-state index in [2.05, 4.69) is 95.7 Å². The zero-order valence-corrected chi connectivity index (χ0v) is 73.8. The van der Waals surface area contributed by atoms with Gasteiger partial charge in [-0.3, -0.25) is 101 Å². The lowest BCUT2D eigenvalue weighted by Crippen LogP contribution is -2.61. The second kappa shape index (κ2) is 58.4. The van der Waals surface area contributed by atoms with Gasteiger partial charge in [0.1, 0.15) is 85.1 Å². The maximum Gasteiger partial charge on any atom is 0.322 e. The smallest absolute Gasteiger partial charge is 0.322 e. The van der Waals surface area contributed by atoms with Gasteiger partial charge in [-0.25, -0.2) is 0 Å². The molecule has 1 heterocycles. The number of hydrogen-bond donors (Lipinski definition) is 28. The number of aliphatic hydroxyl groups excluding tert-OH is 5. The summed E-state index contributed by atoms with van der Waals surface area (Å²) in [6, 6.07) is -3.15. The first-order valence-corrected chi connectivity index (χ1v) is 42.3. The van der Waals surface area contributed by atoms with Crippen LogP contribution in [-0.2, 0) is 109 Å². The Labute approximate surface area is 749 Å². The summed E-state index contributed by atoms with van der Waals surface area (Å²) in [6.45, 7) is 2.84. The molecule has 3 rings (SSSR count). The molecule has 2 aromatic carbocycles. The lowest BCUT2D eigenvalue weighted by atomic mass is 9.97. The lowest BCUT2D eigenvalue weighted by Gasteiger charge is -2.32. The molecule has 2 aromatic rings. The van der Waals surface area contributed by atoms with Gasteiger partial charge in [-0.15, -0.1) is 0 Å². The highest BCUT2D eigenvalue weighted by Crippen LogP contribution is 2.22. The van der Waals surface area contributed by atoms with Crippen LogP contribution in [0.1, 0.15) is 111 Å². The Bertz CT molecular complexity index is 4190. The van der Waals surface area contributed by atoms with E-state index in [1.54, 1.807) is 116 Å². The quantitative estimate of drug-likeness (QED) is 0.0166. The van der Waals surface area contributed by atoms with Gasteiger partial charge in [-0.05, 0) is 66.9 Å². The molecule has 15 atom stereocenters. The number of nitrogens with one attached hydrogen (secondary N) is 20. The molecular formula is C81H127N23O26. The molecule has 49 heteroatoms. The number of carbonyl (C=O) groups is 20. The van der Waals surface area contributed by atoms with Gasteiger partial charge in [0.15, 0.2) is 5.96 Å². The molecule has 19 amide bonds. The molecule has 30 N–H and O–H groups in total. The number of amides is 19. The van der Waals surface area contributed by atoms with Crippen molar-refractivity contribution in [3.05, 3.63) is 71.8 Å². The molecule has 722 valence electrons. The number of aliphatic carboxylic acids is 1. The highest BCUT2D eigenvalue weighted by Gasteiger charge is 2.42. The molecule has 0 bridgehead atoms. The van der Waals surface area contributed by atoms with Crippen molar-refractivity contribution in [2.45, 2.75) is 192 Å². The average Bonchev–Trinajstić information content (AvgIpc) is 1.66. The molecule has 0 aliphatic carbocycles. The predicted octanol–water partition coefficient (Wildman–Crippen LogP) is -12.0. The first kappa shape index (κ1) is 111. The summed E-state index contributed by atoms with van der Waals surface area (Å²) < 4.78 is 0. The van der Waals surface area contributed by atoms with Crippen LogP contribution in [0.5, 0.6) is 0 Å². The molecule has 1 aliphatic rings. The number of aliphatic hydroxyl groups is 5. The summed E-state index contributed by atoms with van der Waals surface area (Å²) in [5, 5.41) is 112. The predicted molar refractivity (Wildman–Crippen MR) is 461 cm³/mol. The molecule has 0 unspecified atom stereocenters. The summed E-state index contributed by atoms with van der Waals surface area (Å²) in [6.07, 6.45) is 0.563. The van der Waals surface area contributed by atoms with Crippen molar-refractivity contribution >= 4 is 124 Å². The van der Waals surface area contributed by atoms with Gasteiger partial charge in [-0.1, -0.05) is 129 Å². The van der Waals surface area contributed by atoms with E-state index < -0.39 is 287 Å². The van der Waals surface area contributed by atoms with Crippen molar-refractivity contribution in [2.75, 3.05) is 91.9 Å². The van der Waals surface area contributed by atoms with E-state index >= 15 is 0 Å². The minimum absolute atomic E-state index is 0.00529. The largest absolute Gasteiger partial charge is 0.480 e. The number of likely N-dealkylation sites (tertiary alicyclic amines) is 1. The summed E-state index contributed by atoms with van der Waals surface area (Å²) in [5.74, 6) is -22.1. The Balaban J connectivity index is 1.60. The molecule has 1 aliphatic heterocycles. The van der Waals surface area contributed by atoms with Crippen molar-refractivity contribution < 1.29 is 127 Å². The average molecular weight is 1840 g/mol. The summed E-state index contributed by atoms with van der Waals surface area (Å²) in [4.78, 5) is 268. The third-order valence-electron chi connectivity index (χ3n) is 20.4. The third-order valence-corrected chi connectivity index (χ3v) is 20.4. The molecule has 0 aromatic heterocycles. The van der Waals surface area contributed by atoms with Crippen LogP contribution < -0.4 is 112 Å². The number of rotatable bonds is 58. The van der Waals surface area contributed by atoms with Crippen LogP contribution in [0.25, 0.3) is 0 Å². The fraction of sp³-hybridized carbons (Fsp3) is 0.593. The van der Waals surface area contributed by atoms with Gasteiger partial charge >= 0.3 is 5.97 Å². The maximum atomic E-state index is 14.1. The third kappa shape index (κ3) is 39.6. The number of guanidine groups is 1. The number of nitrogens with zero attached hydrogens (tertiary/aromatic N) is 1. The van der Waals surface area contributed by atoms with Crippen LogP contribution >= 0.6 is 0 Å². The van der Waals surface area contributed by atoms with Gasteiger partial charge in [0, 0.05) is 25.9 Å². The Kier molecular flexibility index (Phi) is 49.8.